The van der Waals surface area contributed by atoms with Crippen LogP contribution < -0.4 is 10.3 Å². The number of methoxy groups -OCH3 is 1. The first kappa shape index (κ1) is 18.6. The number of ether oxygens (including phenoxy) is 2. The highest BCUT2D eigenvalue weighted by Crippen LogP contribution is 2.36. The molecule has 0 radical (unpaired) electrons. The van der Waals surface area contributed by atoms with Crippen LogP contribution in [0.5, 0.6) is 5.75 Å². The van der Waals surface area contributed by atoms with Crippen LogP contribution in [0.2, 0.25) is 0 Å². The van der Waals surface area contributed by atoms with Crippen LogP contribution in [0.25, 0.3) is 0 Å². The minimum absolute atomic E-state index is 0.0529. The van der Waals surface area contributed by atoms with E-state index < -0.39 is 0 Å². The summed E-state index contributed by atoms with van der Waals surface area (Å²) < 4.78 is 10.8. The molecule has 0 spiro atoms. The van der Waals surface area contributed by atoms with E-state index in [0.717, 1.165) is 46.8 Å². The fourth-order valence-electron chi connectivity index (χ4n) is 3.84. The van der Waals surface area contributed by atoms with Crippen LogP contribution in [0, 0.1) is 13.8 Å². The first-order chi connectivity index (χ1) is 12.6. The number of hydrogen-bond donors (Lipinski definition) is 1. The van der Waals surface area contributed by atoms with Crippen LogP contribution in [0.4, 0.5) is 0 Å². The summed E-state index contributed by atoms with van der Waals surface area (Å²) in [5.74, 6) is 1.28. The first-order valence-corrected chi connectivity index (χ1v) is 9.39. The fourth-order valence-corrected chi connectivity index (χ4v) is 3.84. The van der Waals surface area contributed by atoms with E-state index in [-0.39, 0.29) is 12.4 Å². The van der Waals surface area contributed by atoms with E-state index in [0.29, 0.717) is 12.3 Å². The minimum Gasteiger partial charge on any atom is -0.466 e. The molecular weight excluding hydrogens is 328 g/mol. The molecule has 0 amide bonds. The van der Waals surface area contributed by atoms with Crippen LogP contribution in [-0.4, -0.2) is 23.9 Å². The predicted octanol–water partition coefficient (Wildman–Crippen LogP) is 4.01. The summed E-state index contributed by atoms with van der Waals surface area (Å²) in [6, 6.07) is 5.68. The Balaban J connectivity index is 1.92. The van der Waals surface area contributed by atoms with Gasteiger partial charge in [0.05, 0.1) is 5.69 Å². The Bertz CT molecular complexity index is 781. The van der Waals surface area contributed by atoms with E-state index in [1.165, 1.54) is 19.3 Å². The van der Waals surface area contributed by atoms with E-state index >= 15 is 0 Å². The summed E-state index contributed by atoms with van der Waals surface area (Å²) in [6.07, 6.45) is 6.84. The van der Waals surface area contributed by atoms with Crippen molar-refractivity contribution in [1.82, 2.24) is 9.97 Å². The molecule has 0 aliphatic heterocycles. The van der Waals surface area contributed by atoms with Gasteiger partial charge in [0, 0.05) is 36.9 Å². The van der Waals surface area contributed by atoms with Crippen molar-refractivity contribution in [3.63, 3.8) is 0 Å². The second kappa shape index (κ2) is 8.49. The largest absolute Gasteiger partial charge is 0.466 e. The zero-order valence-electron chi connectivity index (χ0n) is 15.9. The lowest BCUT2D eigenvalue weighted by atomic mass is 9.86. The zero-order valence-corrected chi connectivity index (χ0v) is 15.9. The van der Waals surface area contributed by atoms with Gasteiger partial charge in [-0.3, -0.25) is 9.78 Å². The van der Waals surface area contributed by atoms with Crippen LogP contribution in [0.1, 0.15) is 66.2 Å². The number of rotatable bonds is 6. The summed E-state index contributed by atoms with van der Waals surface area (Å²) in [5.41, 5.74) is 5.07. The molecule has 3 rings (SSSR count). The van der Waals surface area contributed by atoms with E-state index in [1.807, 2.05) is 26.0 Å². The smallest absolute Gasteiger partial charge is 0.248 e. The van der Waals surface area contributed by atoms with Gasteiger partial charge >= 0.3 is 0 Å². The molecule has 0 unspecified atom stereocenters. The number of aryl methyl sites for hydroxylation is 2. The van der Waals surface area contributed by atoms with Gasteiger partial charge in [0.1, 0.15) is 5.75 Å². The lowest BCUT2D eigenvalue weighted by molar-refractivity contribution is 0.0496. The van der Waals surface area contributed by atoms with Crippen LogP contribution in [0.3, 0.4) is 0 Å². The van der Waals surface area contributed by atoms with Gasteiger partial charge in [-0.05, 0) is 49.9 Å². The third kappa shape index (κ3) is 4.33. The lowest BCUT2D eigenvalue weighted by Crippen LogP contribution is -2.13. The number of hydrogen-bond acceptors (Lipinski definition) is 4. The molecule has 5 heteroatoms. The standard InChI is InChI=1S/C21H28N2O3/c1-14-11-20(24)22-15(2)18(14)12-17-9-10-19(26-13-25-3)21(23-17)16-7-5-4-6-8-16/h9-11,16H,4-8,12-13H2,1-3H3,(H,22,24). The molecule has 0 atom stereocenters. The topological polar surface area (TPSA) is 64.2 Å². The highest BCUT2D eigenvalue weighted by Gasteiger charge is 2.22. The Morgan fingerprint density at radius 3 is 2.65 bits per heavy atom. The Kier molecular flexibility index (Phi) is 6.09. The van der Waals surface area contributed by atoms with Crippen molar-refractivity contribution < 1.29 is 9.47 Å². The highest BCUT2D eigenvalue weighted by atomic mass is 16.7. The maximum atomic E-state index is 11.6. The van der Waals surface area contributed by atoms with E-state index in [9.17, 15) is 4.79 Å². The van der Waals surface area contributed by atoms with E-state index in [2.05, 4.69) is 4.98 Å². The zero-order chi connectivity index (χ0) is 18.5. The maximum absolute atomic E-state index is 11.6. The molecule has 1 aliphatic rings. The van der Waals surface area contributed by atoms with Crippen molar-refractivity contribution in [1.29, 1.82) is 0 Å². The first-order valence-electron chi connectivity index (χ1n) is 9.39. The number of pyridine rings is 2. The average Bonchev–Trinajstić information content (AvgIpc) is 2.64. The van der Waals surface area contributed by atoms with Crippen molar-refractivity contribution in [3.8, 4) is 5.75 Å². The molecule has 1 fully saturated rings. The predicted molar refractivity (Wildman–Crippen MR) is 102 cm³/mol. The quantitative estimate of drug-likeness (QED) is 0.794. The minimum atomic E-state index is -0.0529. The van der Waals surface area contributed by atoms with E-state index in [1.54, 1.807) is 13.2 Å². The molecule has 0 bridgehead atoms. The number of nitrogens with zero attached hydrogens (tertiary/aromatic N) is 1. The molecule has 0 aromatic carbocycles. The fraction of sp³-hybridized carbons (Fsp3) is 0.524. The van der Waals surface area contributed by atoms with Crippen LogP contribution in [-0.2, 0) is 11.2 Å². The van der Waals surface area contributed by atoms with Crippen molar-refractivity contribution in [2.45, 2.75) is 58.3 Å². The normalized spacial score (nSPS) is 15.2. The van der Waals surface area contributed by atoms with Gasteiger partial charge < -0.3 is 14.5 Å². The monoisotopic (exact) mass is 356 g/mol. The van der Waals surface area contributed by atoms with E-state index in [4.69, 9.17) is 14.5 Å². The van der Waals surface area contributed by atoms with Gasteiger partial charge in [0.25, 0.3) is 0 Å². The molecule has 0 saturated heterocycles. The molecule has 2 aromatic rings. The Hall–Kier alpha value is -2.14. The third-order valence-electron chi connectivity index (χ3n) is 5.21. The Morgan fingerprint density at radius 1 is 1.19 bits per heavy atom. The molecule has 5 nitrogen and oxygen atoms in total. The van der Waals surface area contributed by atoms with Gasteiger partial charge in [0.2, 0.25) is 5.56 Å². The molecule has 1 aliphatic carbocycles. The Labute approximate surface area is 154 Å². The number of aromatic nitrogens is 2. The van der Waals surface area contributed by atoms with Crippen LogP contribution >= 0.6 is 0 Å². The summed E-state index contributed by atoms with van der Waals surface area (Å²) >= 11 is 0. The SMILES string of the molecule is COCOc1ccc(Cc2c(C)cc(=O)[nH]c2C)nc1C1CCCCC1. The highest BCUT2D eigenvalue weighted by molar-refractivity contribution is 5.37. The summed E-state index contributed by atoms with van der Waals surface area (Å²) in [6.45, 7) is 4.16. The second-order valence-corrected chi connectivity index (χ2v) is 7.17. The average molecular weight is 356 g/mol. The van der Waals surface area contributed by atoms with Crippen molar-refractivity contribution in [2.24, 2.45) is 0 Å². The van der Waals surface area contributed by atoms with Gasteiger partial charge in [-0.1, -0.05) is 19.3 Å². The van der Waals surface area contributed by atoms with Gasteiger partial charge in [0.15, 0.2) is 6.79 Å². The van der Waals surface area contributed by atoms with Crippen LogP contribution in [0.15, 0.2) is 23.0 Å². The van der Waals surface area contributed by atoms with Crippen molar-refractivity contribution in [3.05, 3.63) is 56.8 Å². The molecular formula is C21H28N2O3. The summed E-state index contributed by atoms with van der Waals surface area (Å²) in [4.78, 5) is 19.5. The number of nitrogens with one attached hydrogen (secondary N) is 1. The lowest BCUT2D eigenvalue weighted by Gasteiger charge is -2.24. The van der Waals surface area contributed by atoms with Crippen molar-refractivity contribution in [2.75, 3.05) is 13.9 Å². The van der Waals surface area contributed by atoms with Crippen molar-refractivity contribution >= 4 is 0 Å². The Morgan fingerprint density at radius 2 is 1.96 bits per heavy atom. The maximum Gasteiger partial charge on any atom is 0.248 e. The third-order valence-corrected chi connectivity index (χ3v) is 5.21. The molecule has 1 N–H and O–H groups in total. The van der Waals surface area contributed by atoms with Gasteiger partial charge in [-0.2, -0.15) is 0 Å². The number of aromatic amines is 1. The number of H-pyrrole nitrogens is 1. The molecule has 26 heavy (non-hydrogen) atoms. The molecule has 1 saturated carbocycles. The van der Waals surface area contributed by atoms with Gasteiger partial charge in [-0.25, -0.2) is 0 Å². The second-order valence-electron chi connectivity index (χ2n) is 7.17. The summed E-state index contributed by atoms with van der Waals surface area (Å²) in [7, 11) is 1.63. The molecule has 2 aromatic heterocycles. The summed E-state index contributed by atoms with van der Waals surface area (Å²) in [5, 5.41) is 0. The molecule has 140 valence electrons. The van der Waals surface area contributed by atoms with Gasteiger partial charge in [-0.15, -0.1) is 0 Å². The molecule has 2 heterocycles.